The smallest absolute Gasteiger partial charge is 0.268 e. The van der Waals surface area contributed by atoms with Crippen LogP contribution in [-0.2, 0) is 16.4 Å². The number of nitro benzene ring substituents is 1. The SMILES string of the molecule is O=c1c2ccc(F)cc2cc(Cc2ccccc2)n1S(=O)(=O)c1ccc([N+](=O)[O-])cc1. The van der Waals surface area contributed by atoms with Crippen molar-refractivity contribution in [3.05, 3.63) is 116 Å². The standard InChI is InChI=1S/C22H15FN2O5S/c23-17-6-11-21-16(13-17)14-19(12-15-4-2-1-3-5-15)24(22(21)26)31(29,30)20-9-7-18(8-10-20)25(27)28/h1-11,13-14H,12H2. The average Bonchev–Trinajstić information content (AvgIpc) is 2.74. The summed E-state index contributed by atoms with van der Waals surface area (Å²) in [7, 11) is -4.38. The van der Waals surface area contributed by atoms with E-state index in [1.165, 1.54) is 18.2 Å². The molecule has 1 aromatic heterocycles. The Labute approximate surface area is 176 Å². The van der Waals surface area contributed by atoms with E-state index in [1.807, 2.05) is 0 Å². The maximum atomic E-state index is 13.7. The summed E-state index contributed by atoms with van der Waals surface area (Å²) in [5.41, 5.74) is -0.190. The van der Waals surface area contributed by atoms with Gasteiger partial charge in [0.15, 0.2) is 0 Å². The molecule has 4 rings (SSSR count). The number of nitrogens with zero attached hydrogens (tertiary/aromatic N) is 2. The monoisotopic (exact) mass is 438 g/mol. The van der Waals surface area contributed by atoms with Crippen LogP contribution in [0.3, 0.4) is 0 Å². The van der Waals surface area contributed by atoms with Crippen molar-refractivity contribution in [2.45, 2.75) is 11.3 Å². The van der Waals surface area contributed by atoms with Crippen molar-refractivity contribution in [2.75, 3.05) is 0 Å². The van der Waals surface area contributed by atoms with E-state index < -0.39 is 26.3 Å². The number of halogens is 1. The molecule has 31 heavy (non-hydrogen) atoms. The Morgan fingerprint density at radius 1 is 0.935 bits per heavy atom. The molecule has 0 atom stereocenters. The molecular weight excluding hydrogens is 423 g/mol. The molecule has 1 heterocycles. The molecule has 9 heteroatoms. The minimum absolute atomic E-state index is 0.0451. The van der Waals surface area contributed by atoms with Crippen molar-refractivity contribution in [3.63, 3.8) is 0 Å². The fourth-order valence-electron chi connectivity index (χ4n) is 3.36. The Bertz CT molecular complexity index is 1460. The number of pyridine rings is 1. The maximum absolute atomic E-state index is 13.7. The molecule has 0 saturated carbocycles. The van der Waals surface area contributed by atoms with Crippen LogP contribution in [0, 0.1) is 15.9 Å². The van der Waals surface area contributed by atoms with Crippen LogP contribution >= 0.6 is 0 Å². The van der Waals surface area contributed by atoms with Gasteiger partial charge < -0.3 is 0 Å². The molecule has 4 aromatic rings. The van der Waals surface area contributed by atoms with Gasteiger partial charge in [0.25, 0.3) is 21.3 Å². The van der Waals surface area contributed by atoms with E-state index in [9.17, 15) is 27.7 Å². The highest BCUT2D eigenvalue weighted by Gasteiger charge is 2.24. The number of nitro groups is 1. The molecule has 0 bridgehead atoms. The highest BCUT2D eigenvalue weighted by molar-refractivity contribution is 7.90. The molecule has 0 unspecified atom stereocenters. The molecule has 0 amide bonds. The molecule has 156 valence electrons. The first-order valence-corrected chi connectivity index (χ1v) is 10.6. The number of hydrogen-bond donors (Lipinski definition) is 0. The summed E-state index contributed by atoms with van der Waals surface area (Å²) in [6.45, 7) is 0. The summed E-state index contributed by atoms with van der Waals surface area (Å²) in [6.07, 6.45) is 0.106. The van der Waals surface area contributed by atoms with E-state index in [4.69, 9.17) is 0 Å². The summed E-state index contributed by atoms with van der Waals surface area (Å²) in [5.74, 6) is -0.548. The topological polar surface area (TPSA) is 99.3 Å². The van der Waals surface area contributed by atoms with Crippen LogP contribution in [0.15, 0.2) is 88.6 Å². The summed E-state index contributed by atoms with van der Waals surface area (Å²) in [6, 6.07) is 18.2. The first kappa shape index (κ1) is 20.4. The molecule has 0 aliphatic heterocycles. The third kappa shape index (κ3) is 3.82. The predicted molar refractivity (Wildman–Crippen MR) is 113 cm³/mol. The quantitative estimate of drug-likeness (QED) is 0.348. The fraction of sp³-hybridized carbons (Fsp3) is 0.0455. The van der Waals surface area contributed by atoms with E-state index in [2.05, 4.69) is 0 Å². The highest BCUT2D eigenvalue weighted by atomic mass is 32.2. The van der Waals surface area contributed by atoms with Crippen molar-refractivity contribution >= 4 is 26.5 Å². The lowest BCUT2D eigenvalue weighted by molar-refractivity contribution is -0.384. The molecule has 3 aromatic carbocycles. The molecule has 0 spiro atoms. The molecular formula is C22H15FN2O5S. The zero-order valence-corrected chi connectivity index (χ0v) is 16.8. The Morgan fingerprint density at radius 2 is 1.61 bits per heavy atom. The molecule has 7 nitrogen and oxygen atoms in total. The number of hydrogen-bond acceptors (Lipinski definition) is 5. The van der Waals surface area contributed by atoms with Crippen molar-refractivity contribution in [2.24, 2.45) is 0 Å². The molecule has 0 aliphatic carbocycles. The van der Waals surface area contributed by atoms with Gasteiger partial charge in [-0.2, -0.15) is 0 Å². The first-order chi connectivity index (χ1) is 14.8. The third-order valence-corrected chi connectivity index (χ3v) is 6.57. The second-order valence-electron chi connectivity index (χ2n) is 6.86. The lowest BCUT2D eigenvalue weighted by atomic mass is 10.1. The van der Waals surface area contributed by atoms with Crippen LogP contribution in [0.1, 0.15) is 11.3 Å². The highest BCUT2D eigenvalue weighted by Crippen LogP contribution is 2.23. The molecule has 0 aliphatic rings. The Hall–Kier alpha value is -3.85. The van der Waals surface area contributed by atoms with Crippen LogP contribution in [0.4, 0.5) is 10.1 Å². The van der Waals surface area contributed by atoms with Crippen molar-refractivity contribution < 1.29 is 17.7 Å². The second-order valence-corrected chi connectivity index (χ2v) is 8.64. The van der Waals surface area contributed by atoms with Crippen molar-refractivity contribution in [1.82, 2.24) is 3.97 Å². The van der Waals surface area contributed by atoms with Crippen LogP contribution < -0.4 is 5.56 Å². The van der Waals surface area contributed by atoms with Gasteiger partial charge in [-0.05, 0) is 47.3 Å². The third-order valence-electron chi connectivity index (χ3n) is 4.83. The van der Waals surface area contributed by atoms with Gasteiger partial charge in [0.1, 0.15) is 5.82 Å². The zero-order chi connectivity index (χ0) is 22.2. The van der Waals surface area contributed by atoms with E-state index in [1.54, 1.807) is 30.3 Å². The summed E-state index contributed by atoms with van der Waals surface area (Å²) < 4.78 is 41.2. The predicted octanol–water partition coefficient (Wildman–Crippen LogP) is 3.88. The summed E-state index contributed by atoms with van der Waals surface area (Å²) in [5, 5.41) is 11.2. The Kier molecular flexibility index (Phi) is 5.12. The van der Waals surface area contributed by atoms with Gasteiger partial charge in [-0.25, -0.2) is 16.8 Å². The van der Waals surface area contributed by atoms with Crippen LogP contribution in [0.2, 0.25) is 0 Å². The fourth-order valence-corrected chi connectivity index (χ4v) is 4.80. The van der Waals surface area contributed by atoms with E-state index >= 15 is 0 Å². The number of benzene rings is 3. The minimum atomic E-state index is -4.38. The van der Waals surface area contributed by atoms with Gasteiger partial charge in [-0.3, -0.25) is 14.9 Å². The van der Waals surface area contributed by atoms with E-state index in [0.29, 0.717) is 3.97 Å². The van der Waals surface area contributed by atoms with Gasteiger partial charge >= 0.3 is 0 Å². The number of aromatic nitrogens is 1. The zero-order valence-electron chi connectivity index (χ0n) is 15.9. The molecule has 0 saturated heterocycles. The second kappa shape index (κ2) is 7.77. The summed E-state index contributed by atoms with van der Waals surface area (Å²) in [4.78, 5) is 23.2. The number of fused-ring (bicyclic) bond motifs is 1. The first-order valence-electron chi connectivity index (χ1n) is 9.15. The lowest BCUT2D eigenvalue weighted by Gasteiger charge is -2.15. The van der Waals surface area contributed by atoms with Gasteiger partial charge in [0.05, 0.1) is 9.82 Å². The maximum Gasteiger partial charge on any atom is 0.272 e. The van der Waals surface area contributed by atoms with Crippen molar-refractivity contribution in [1.29, 1.82) is 0 Å². The summed E-state index contributed by atoms with van der Waals surface area (Å²) >= 11 is 0. The lowest BCUT2D eigenvalue weighted by Crippen LogP contribution is -2.30. The minimum Gasteiger partial charge on any atom is -0.268 e. The normalized spacial score (nSPS) is 11.5. The molecule has 0 N–H and O–H groups in total. The average molecular weight is 438 g/mol. The number of non-ortho nitro benzene ring substituents is 1. The van der Waals surface area contributed by atoms with Gasteiger partial charge in [-0.15, -0.1) is 0 Å². The molecule has 0 fully saturated rings. The van der Waals surface area contributed by atoms with Crippen molar-refractivity contribution in [3.8, 4) is 0 Å². The van der Waals surface area contributed by atoms with Crippen LogP contribution in [0.25, 0.3) is 10.8 Å². The Morgan fingerprint density at radius 3 is 2.26 bits per heavy atom. The van der Waals surface area contributed by atoms with Gasteiger partial charge in [0, 0.05) is 29.6 Å². The largest absolute Gasteiger partial charge is 0.272 e. The van der Waals surface area contributed by atoms with E-state index in [-0.39, 0.29) is 33.5 Å². The molecule has 0 radical (unpaired) electrons. The van der Waals surface area contributed by atoms with Gasteiger partial charge in [0.2, 0.25) is 0 Å². The van der Waals surface area contributed by atoms with Gasteiger partial charge in [-0.1, -0.05) is 30.3 Å². The van der Waals surface area contributed by atoms with E-state index in [0.717, 1.165) is 35.9 Å². The number of rotatable bonds is 5. The van der Waals surface area contributed by atoms with Crippen LogP contribution in [0.5, 0.6) is 0 Å². The Balaban J connectivity index is 1.97. The van der Waals surface area contributed by atoms with Crippen LogP contribution in [-0.4, -0.2) is 17.3 Å².